The quantitative estimate of drug-likeness (QED) is 0.737. The van der Waals surface area contributed by atoms with E-state index < -0.39 is 0 Å². The van der Waals surface area contributed by atoms with Crippen LogP contribution in [0, 0.1) is 0 Å². The van der Waals surface area contributed by atoms with Gasteiger partial charge in [-0.1, -0.05) is 25.6 Å². The van der Waals surface area contributed by atoms with Crippen molar-refractivity contribution in [3.05, 3.63) is 18.2 Å². The highest BCUT2D eigenvalue weighted by atomic mass is 32.2. The Morgan fingerprint density at radius 3 is 3.00 bits per heavy atom. The van der Waals surface area contributed by atoms with Crippen LogP contribution in [-0.4, -0.2) is 42.3 Å². The number of tetrazole rings is 1. The number of rotatable bonds is 8. The zero-order valence-electron chi connectivity index (χ0n) is 12.2. The Labute approximate surface area is 123 Å². The molecule has 0 radical (unpaired) electrons. The highest BCUT2D eigenvalue weighted by Gasteiger charge is 2.09. The van der Waals surface area contributed by atoms with E-state index in [2.05, 4.69) is 51.2 Å². The van der Waals surface area contributed by atoms with Crippen molar-refractivity contribution >= 4 is 11.8 Å². The van der Waals surface area contributed by atoms with Crippen LogP contribution < -0.4 is 5.32 Å². The molecule has 2 heterocycles. The minimum absolute atomic E-state index is 0.472. The predicted octanol–water partition coefficient (Wildman–Crippen LogP) is 1.18. The first-order valence-corrected chi connectivity index (χ1v) is 7.81. The largest absolute Gasteiger partial charge is 0.335 e. The second-order valence-electron chi connectivity index (χ2n) is 4.71. The lowest BCUT2D eigenvalue weighted by molar-refractivity contribution is 0.485. The number of imidazole rings is 1. The van der Waals surface area contributed by atoms with Crippen molar-refractivity contribution < 1.29 is 0 Å². The molecule has 7 nitrogen and oxygen atoms in total. The van der Waals surface area contributed by atoms with Crippen molar-refractivity contribution in [1.29, 1.82) is 0 Å². The number of hydrogen-bond donors (Lipinski definition) is 1. The van der Waals surface area contributed by atoms with Crippen LogP contribution in [0.4, 0.5) is 0 Å². The number of nitrogens with zero attached hydrogens (tertiary/aromatic N) is 6. The Morgan fingerprint density at radius 2 is 2.25 bits per heavy atom. The van der Waals surface area contributed by atoms with Crippen molar-refractivity contribution in [2.75, 3.05) is 6.54 Å². The topological polar surface area (TPSA) is 73.5 Å². The highest BCUT2D eigenvalue weighted by molar-refractivity contribution is 7.98. The molecule has 20 heavy (non-hydrogen) atoms. The molecule has 0 amide bonds. The lowest BCUT2D eigenvalue weighted by Gasteiger charge is -2.08. The maximum Gasteiger partial charge on any atom is 0.209 e. The van der Waals surface area contributed by atoms with Gasteiger partial charge in [0.1, 0.15) is 5.82 Å². The van der Waals surface area contributed by atoms with Gasteiger partial charge < -0.3 is 9.88 Å². The molecule has 0 atom stereocenters. The number of thioether (sulfide) groups is 1. The van der Waals surface area contributed by atoms with Gasteiger partial charge in [-0.05, 0) is 17.4 Å². The summed E-state index contributed by atoms with van der Waals surface area (Å²) in [6, 6.07) is 0.472. The monoisotopic (exact) mass is 295 g/mol. The van der Waals surface area contributed by atoms with Crippen molar-refractivity contribution in [1.82, 2.24) is 35.1 Å². The number of hydrogen-bond acceptors (Lipinski definition) is 6. The van der Waals surface area contributed by atoms with Gasteiger partial charge in [0.05, 0.1) is 12.3 Å². The zero-order chi connectivity index (χ0) is 14.4. The van der Waals surface area contributed by atoms with Crippen molar-refractivity contribution in [3.63, 3.8) is 0 Å². The van der Waals surface area contributed by atoms with Crippen molar-refractivity contribution in [2.24, 2.45) is 0 Å². The lowest BCUT2D eigenvalue weighted by atomic mass is 10.4. The molecule has 0 saturated carbocycles. The van der Waals surface area contributed by atoms with E-state index in [0.29, 0.717) is 6.04 Å². The molecule has 0 fully saturated rings. The molecule has 0 aliphatic heterocycles. The molecule has 0 bridgehead atoms. The first kappa shape index (κ1) is 15.0. The van der Waals surface area contributed by atoms with Gasteiger partial charge in [0.25, 0.3) is 0 Å². The summed E-state index contributed by atoms with van der Waals surface area (Å²) < 4.78 is 3.96. The van der Waals surface area contributed by atoms with Gasteiger partial charge in [0.15, 0.2) is 0 Å². The zero-order valence-corrected chi connectivity index (χ0v) is 13.0. The molecule has 0 aromatic carbocycles. The normalized spacial score (nSPS) is 11.4. The summed E-state index contributed by atoms with van der Waals surface area (Å²) in [4.78, 5) is 4.35. The summed E-state index contributed by atoms with van der Waals surface area (Å²) in [5, 5.41) is 16.0. The van der Waals surface area contributed by atoms with Crippen LogP contribution >= 0.6 is 11.8 Å². The Morgan fingerprint density at radius 1 is 1.40 bits per heavy atom. The molecule has 0 aliphatic carbocycles. The average Bonchev–Trinajstić information content (AvgIpc) is 3.04. The minimum atomic E-state index is 0.472. The highest BCUT2D eigenvalue weighted by Crippen LogP contribution is 2.18. The smallest absolute Gasteiger partial charge is 0.209 e. The van der Waals surface area contributed by atoms with Gasteiger partial charge in [0.2, 0.25) is 5.16 Å². The van der Waals surface area contributed by atoms with Crippen molar-refractivity contribution in [2.45, 2.75) is 50.8 Å². The first-order chi connectivity index (χ1) is 9.70. The van der Waals surface area contributed by atoms with Crippen LogP contribution in [0.1, 0.15) is 26.6 Å². The van der Waals surface area contributed by atoms with Crippen LogP contribution in [0.2, 0.25) is 0 Å². The summed E-state index contributed by atoms with van der Waals surface area (Å²) in [5.41, 5.74) is 0. The van der Waals surface area contributed by atoms with Crippen LogP contribution in [0.15, 0.2) is 17.6 Å². The van der Waals surface area contributed by atoms with Gasteiger partial charge in [-0.2, -0.15) is 0 Å². The van der Waals surface area contributed by atoms with E-state index in [1.54, 1.807) is 11.8 Å². The van der Waals surface area contributed by atoms with Gasteiger partial charge in [0, 0.05) is 31.5 Å². The van der Waals surface area contributed by atoms with Crippen LogP contribution in [0.3, 0.4) is 0 Å². The maximum atomic E-state index is 4.35. The summed E-state index contributed by atoms with van der Waals surface area (Å²) >= 11 is 1.62. The van der Waals surface area contributed by atoms with Gasteiger partial charge in [-0.15, -0.1) is 5.10 Å². The SMILES string of the molecule is CCn1ccnc1CSc1nnnn1CCNC(C)C. The molecule has 2 aromatic heterocycles. The fraction of sp³-hybridized carbons (Fsp3) is 0.667. The van der Waals surface area contributed by atoms with E-state index in [-0.39, 0.29) is 0 Å². The number of aromatic nitrogens is 6. The molecule has 0 unspecified atom stereocenters. The van der Waals surface area contributed by atoms with Gasteiger partial charge in [-0.25, -0.2) is 9.67 Å². The van der Waals surface area contributed by atoms with E-state index in [4.69, 9.17) is 0 Å². The van der Waals surface area contributed by atoms with E-state index in [1.165, 1.54) is 0 Å². The Balaban J connectivity index is 1.88. The molecule has 110 valence electrons. The van der Waals surface area contributed by atoms with Crippen LogP contribution in [-0.2, 0) is 18.8 Å². The molecular weight excluding hydrogens is 274 g/mol. The summed E-state index contributed by atoms with van der Waals surface area (Å²) in [7, 11) is 0. The van der Waals surface area contributed by atoms with Crippen LogP contribution in [0.5, 0.6) is 0 Å². The predicted molar refractivity (Wildman–Crippen MR) is 78.4 cm³/mol. The van der Waals surface area contributed by atoms with Crippen LogP contribution in [0.25, 0.3) is 0 Å². The first-order valence-electron chi connectivity index (χ1n) is 6.83. The standard InChI is InChI=1S/C12H21N7S/c1-4-18-7-5-14-11(18)9-20-12-15-16-17-19(12)8-6-13-10(2)3/h5,7,10,13H,4,6,8-9H2,1-3H3. The molecule has 2 aromatic rings. The number of aryl methyl sites for hydroxylation is 1. The number of nitrogens with one attached hydrogen (secondary N) is 1. The van der Waals surface area contributed by atoms with Gasteiger partial charge >= 0.3 is 0 Å². The second-order valence-corrected chi connectivity index (χ2v) is 5.65. The van der Waals surface area contributed by atoms with E-state index in [9.17, 15) is 0 Å². The summed E-state index contributed by atoms with van der Waals surface area (Å²) in [6.07, 6.45) is 3.82. The molecule has 8 heteroatoms. The third-order valence-electron chi connectivity index (χ3n) is 2.85. The molecular formula is C12H21N7S. The summed E-state index contributed by atoms with van der Waals surface area (Å²) in [5.74, 6) is 1.83. The third kappa shape index (κ3) is 4.04. The third-order valence-corrected chi connectivity index (χ3v) is 3.80. The molecule has 2 rings (SSSR count). The van der Waals surface area contributed by atoms with Crippen molar-refractivity contribution in [3.8, 4) is 0 Å². The molecule has 1 N–H and O–H groups in total. The summed E-state index contributed by atoms with van der Waals surface area (Å²) in [6.45, 7) is 8.92. The molecule has 0 aliphatic rings. The Bertz CT molecular complexity index is 519. The maximum absolute atomic E-state index is 4.35. The fourth-order valence-electron chi connectivity index (χ4n) is 1.80. The second kappa shape index (κ2) is 7.39. The van der Waals surface area contributed by atoms with E-state index in [1.807, 2.05) is 17.1 Å². The molecule has 0 saturated heterocycles. The fourth-order valence-corrected chi connectivity index (χ4v) is 2.67. The van der Waals surface area contributed by atoms with Gasteiger partial charge in [-0.3, -0.25) is 0 Å². The van der Waals surface area contributed by atoms with E-state index >= 15 is 0 Å². The lowest BCUT2D eigenvalue weighted by Crippen LogP contribution is -2.27. The molecule has 0 spiro atoms. The average molecular weight is 295 g/mol. The van der Waals surface area contributed by atoms with E-state index in [0.717, 1.165) is 36.4 Å². The Hall–Kier alpha value is -1.41. The Kier molecular flexibility index (Phi) is 5.54. The minimum Gasteiger partial charge on any atom is -0.335 e.